The highest BCUT2D eigenvalue weighted by Crippen LogP contribution is 2.36. The van der Waals surface area contributed by atoms with Crippen molar-refractivity contribution in [3.63, 3.8) is 0 Å². The number of aryl methyl sites for hydroxylation is 1. The van der Waals surface area contributed by atoms with Crippen LogP contribution in [0.2, 0.25) is 0 Å². The van der Waals surface area contributed by atoms with Gasteiger partial charge in [-0.05, 0) is 38.5 Å². The van der Waals surface area contributed by atoms with E-state index in [0.717, 1.165) is 22.6 Å². The highest BCUT2D eigenvalue weighted by Gasteiger charge is 2.44. The van der Waals surface area contributed by atoms with Crippen LogP contribution in [0.1, 0.15) is 25.0 Å². The molecule has 0 aromatic heterocycles. The van der Waals surface area contributed by atoms with Crippen LogP contribution in [-0.2, 0) is 14.3 Å². The van der Waals surface area contributed by atoms with E-state index in [-0.39, 0.29) is 29.2 Å². The molecule has 2 atom stereocenters. The average molecular weight is 412 g/mol. The highest BCUT2D eigenvalue weighted by molar-refractivity contribution is 6.45. The quantitative estimate of drug-likeness (QED) is 0.722. The second kappa shape index (κ2) is 7.65. The maximum Gasteiger partial charge on any atom is 0.282 e. The molecule has 1 fully saturated rings. The molecule has 0 N–H and O–H groups in total. The Morgan fingerprint density at radius 3 is 2.13 bits per heavy atom. The number of amides is 2. The lowest BCUT2D eigenvalue weighted by molar-refractivity contribution is -0.121. The fraction of sp³-hybridized carbons (Fsp3) is 0.304. The van der Waals surface area contributed by atoms with E-state index in [1.165, 1.54) is 6.07 Å². The maximum atomic E-state index is 13.8. The largest absolute Gasteiger partial charge is 0.372 e. The number of morpholine rings is 1. The van der Waals surface area contributed by atoms with Gasteiger partial charge < -0.3 is 9.64 Å². The Morgan fingerprint density at radius 1 is 0.900 bits per heavy atom. The SMILES string of the molecule is Cc1ccc(C2=C(N3CC(C)OC(C)C3)C(=O)N(c3ccc(F)c(F)c3)C2=O)cc1. The zero-order chi connectivity index (χ0) is 21.6. The Bertz CT molecular complexity index is 1040. The van der Waals surface area contributed by atoms with E-state index in [1.54, 1.807) is 12.1 Å². The highest BCUT2D eigenvalue weighted by atomic mass is 19.2. The zero-order valence-electron chi connectivity index (χ0n) is 17.0. The van der Waals surface area contributed by atoms with E-state index >= 15 is 0 Å². The molecule has 2 aliphatic rings. The van der Waals surface area contributed by atoms with Crippen molar-refractivity contribution in [2.24, 2.45) is 0 Å². The molecule has 5 nitrogen and oxygen atoms in total. The lowest BCUT2D eigenvalue weighted by Crippen LogP contribution is -2.47. The van der Waals surface area contributed by atoms with E-state index < -0.39 is 23.4 Å². The molecule has 156 valence electrons. The summed E-state index contributed by atoms with van der Waals surface area (Å²) in [6.45, 7) is 6.63. The molecule has 2 heterocycles. The molecule has 0 bridgehead atoms. The lowest BCUT2D eigenvalue weighted by Gasteiger charge is -2.37. The minimum atomic E-state index is -1.12. The predicted molar refractivity (Wildman–Crippen MR) is 109 cm³/mol. The Labute approximate surface area is 173 Å². The Morgan fingerprint density at radius 2 is 1.53 bits per heavy atom. The molecule has 4 rings (SSSR count). The summed E-state index contributed by atoms with van der Waals surface area (Å²) in [6.07, 6.45) is -0.249. The number of carbonyl (C=O) groups excluding carboxylic acids is 2. The topological polar surface area (TPSA) is 49.9 Å². The summed E-state index contributed by atoms with van der Waals surface area (Å²) in [5, 5.41) is 0. The zero-order valence-corrected chi connectivity index (χ0v) is 17.0. The third-order valence-electron chi connectivity index (χ3n) is 5.30. The van der Waals surface area contributed by atoms with Gasteiger partial charge in [-0.25, -0.2) is 13.7 Å². The maximum absolute atomic E-state index is 13.8. The number of benzene rings is 2. The Hall–Kier alpha value is -3.06. The van der Waals surface area contributed by atoms with Crippen LogP contribution in [-0.4, -0.2) is 42.0 Å². The first-order chi connectivity index (χ1) is 14.3. The van der Waals surface area contributed by atoms with E-state index in [0.29, 0.717) is 18.7 Å². The monoisotopic (exact) mass is 412 g/mol. The minimum absolute atomic E-state index is 0.00197. The van der Waals surface area contributed by atoms with Gasteiger partial charge in [-0.1, -0.05) is 29.8 Å². The minimum Gasteiger partial charge on any atom is -0.372 e. The van der Waals surface area contributed by atoms with Crippen LogP contribution < -0.4 is 4.90 Å². The van der Waals surface area contributed by atoms with Gasteiger partial charge in [-0.3, -0.25) is 9.59 Å². The molecular formula is C23H22F2N2O3. The molecule has 0 aliphatic carbocycles. The summed E-state index contributed by atoms with van der Waals surface area (Å²) in [6, 6.07) is 10.3. The third-order valence-corrected chi connectivity index (χ3v) is 5.30. The second-order valence-corrected chi connectivity index (χ2v) is 7.80. The number of hydrogen-bond donors (Lipinski definition) is 0. The van der Waals surface area contributed by atoms with Gasteiger partial charge in [0.25, 0.3) is 11.8 Å². The molecule has 7 heteroatoms. The van der Waals surface area contributed by atoms with Crippen molar-refractivity contribution < 1.29 is 23.1 Å². The predicted octanol–water partition coefficient (Wildman–Crippen LogP) is 3.67. The summed E-state index contributed by atoms with van der Waals surface area (Å²) in [7, 11) is 0. The molecular weight excluding hydrogens is 390 g/mol. The molecule has 2 aliphatic heterocycles. The fourth-order valence-corrected chi connectivity index (χ4v) is 4.01. The molecule has 2 aromatic rings. The van der Waals surface area contributed by atoms with Gasteiger partial charge in [0.15, 0.2) is 11.6 Å². The van der Waals surface area contributed by atoms with Crippen LogP contribution in [0.5, 0.6) is 0 Å². The van der Waals surface area contributed by atoms with Gasteiger partial charge in [0.1, 0.15) is 5.70 Å². The van der Waals surface area contributed by atoms with Gasteiger partial charge >= 0.3 is 0 Å². The number of anilines is 1. The second-order valence-electron chi connectivity index (χ2n) is 7.80. The first-order valence-corrected chi connectivity index (χ1v) is 9.82. The average Bonchev–Trinajstić information content (AvgIpc) is 2.94. The molecule has 2 unspecified atom stereocenters. The van der Waals surface area contributed by atoms with Crippen molar-refractivity contribution in [2.75, 3.05) is 18.0 Å². The molecule has 0 radical (unpaired) electrons. The number of hydrogen-bond acceptors (Lipinski definition) is 4. The first kappa shape index (κ1) is 20.2. The van der Waals surface area contributed by atoms with Crippen LogP contribution in [0.3, 0.4) is 0 Å². The van der Waals surface area contributed by atoms with E-state index in [4.69, 9.17) is 4.74 Å². The Balaban J connectivity index is 1.84. The molecule has 0 spiro atoms. The molecule has 2 aromatic carbocycles. The first-order valence-electron chi connectivity index (χ1n) is 9.82. The number of ether oxygens (including phenoxy) is 1. The molecule has 0 saturated carbocycles. The van der Waals surface area contributed by atoms with Crippen molar-refractivity contribution in [2.45, 2.75) is 33.0 Å². The summed E-state index contributed by atoms with van der Waals surface area (Å²) in [5.74, 6) is -3.27. The standard InChI is InChI=1S/C23H22F2N2O3/c1-13-4-6-16(7-5-13)20-21(26-11-14(2)30-15(3)12-26)23(29)27(22(20)28)17-8-9-18(24)19(25)10-17/h4-10,14-15H,11-12H2,1-3H3. The van der Waals surface area contributed by atoms with Crippen LogP contribution in [0.25, 0.3) is 5.57 Å². The van der Waals surface area contributed by atoms with Crippen molar-refractivity contribution in [1.82, 2.24) is 4.90 Å². The van der Waals surface area contributed by atoms with Gasteiger partial charge in [0.2, 0.25) is 0 Å². The number of halogens is 2. The Kier molecular flexibility index (Phi) is 5.15. The third kappa shape index (κ3) is 3.50. The number of imide groups is 1. The summed E-state index contributed by atoms with van der Waals surface area (Å²) < 4.78 is 33.0. The number of nitrogens with zero attached hydrogens (tertiary/aromatic N) is 2. The number of carbonyl (C=O) groups is 2. The summed E-state index contributed by atoms with van der Waals surface area (Å²) >= 11 is 0. The number of rotatable bonds is 3. The molecule has 2 amide bonds. The van der Waals surface area contributed by atoms with Gasteiger partial charge in [0, 0.05) is 19.2 Å². The van der Waals surface area contributed by atoms with Gasteiger partial charge in [-0.2, -0.15) is 0 Å². The summed E-state index contributed by atoms with van der Waals surface area (Å²) in [4.78, 5) is 29.6. The van der Waals surface area contributed by atoms with Gasteiger partial charge in [0.05, 0.1) is 23.5 Å². The van der Waals surface area contributed by atoms with E-state index in [9.17, 15) is 18.4 Å². The molecule has 30 heavy (non-hydrogen) atoms. The van der Waals surface area contributed by atoms with Crippen LogP contribution in [0.15, 0.2) is 48.2 Å². The lowest BCUT2D eigenvalue weighted by atomic mass is 10.0. The summed E-state index contributed by atoms with van der Waals surface area (Å²) in [5.41, 5.74) is 2.13. The van der Waals surface area contributed by atoms with Crippen molar-refractivity contribution in [3.05, 3.63) is 70.9 Å². The van der Waals surface area contributed by atoms with E-state index in [1.807, 2.05) is 37.8 Å². The van der Waals surface area contributed by atoms with Crippen molar-refractivity contribution in [3.8, 4) is 0 Å². The van der Waals surface area contributed by atoms with Crippen LogP contribution >= 0.6 is 0 Å². The van der Waals surface area contributed by atoms with Crippen LogP contribution in [0.4, 0.5) is 14.5 Å². The van der Waals surface area contributed by atoms with Gasteiger partial charge in [-0.15, -0.1) is 0 Å². The molecule has 1 saturated heterocycles. The van der Waals surface area contributed by atoms with Crippen molar-refractivity contribution >= 4 is 23.1 Å². The fourth-order valence-electron chi connectivity index (χ4n) is 4.01. The van der Waals surface area contributed by atoms with Crippen molar-refractivity contribution in [1.29, 1.82) is 0 Å². The van der Waals surface area contributed by atoms with Crippen LogP contribution in [0, 0.1) is 18.6 Å². The smallest absolute Gasteiger partial charge is 0.282 e. The van der Waals surface area contributed by atoms with E-state index in [2.05, 4.69) is 0 Å². The normalized spacial score (nSPS) is 22.3.